The third-order valence-electron chi connectivity index (χ3n) is 1.42. The molecule has 0 bridgehead atoms. The van der Waals surface area contributed by atoms with Gasteiger partial charge in [-0.3, -0.25) is 4.99 Å². The molecule has 0 amide bonds. The molecule has 0 aromatic carbocycles. The van der Waals surface area contributed by atoms with Gasteiger partial charge < -0.3 is 0 Å². The predicted octanol–water partition coefficient (Wildman–Crippen LogP) is 2.82. The second kappa shape index (κ2) is 5.21. The molecule has 0 heterocycles. The minimum absolute atomic E-state index is 0.888. The van der Waals surface area contributed by atoms with E-state index in [1.807, 2.05) is 6.92 Å². The molecule has 0 saturated carbocycles. The van der Waals surface area contributed by atoms with Crippen LogP contribution < -0.4 is 0 Å². The average Bonchev–Trinajstić information content (AvgIpc) is 1.88. The smallest absolute Gasteiger partial charge is 0.0364 e. The van der Waals surface area contributed by atoms with Crippen LogP contribution in [0.1, 0.15) is 34.1 Å². The number of rotatable bonds is 3. The van der Waals surface area contributed by atoms with Gasteiger partial charge in [0.2, 0.25) is 0 Å². The van der Waals surface area contributed by atoms with Gasteiger partial charge in [-0.05, 0) is 33.3 Å². The van der Waals surface area contributed by atoms with Gasteiger partial charge >= 0.3 is 0 Å². The van der Waals surface area contributed by atoms with Gasteiger partial charge in [-0.25, -0.2) is 0 Å². The molecule has 0 aliphatic rings. The topological polar surface area (TPSA) is 12.4 Å². The van der Waals surface area contributed by atoms with E-state index in [4.69, 9.17) is 0 Å². The maximum absolute atomic E-state index is 4.25. The van der Waals surface area contributed by atoms with Crippen LogP contribution in [0, 0.1) is 0 Å². The van der Waals surface area contributed by atoms with Gasteiger partial charge in [0.05, 0.1) is 0 Å². The maximum atomic E-state index is 4.25. The summed E-state index contributed by atoms with van der Waals surface area (Å²) in [6.45, 7) is 9.28. The van der Waals surface area contributed by atoms with Gasteiger partial charge in [0, 0.05) is 12.3 Å². The lowest BCUT2D eigenvalue weighted by molar-refractivity contribution is 1.09. The highest BCUT2D eigenvalue weighted by Crippen LogP contribution is 1.97. The summed E-state index contributed by atoms with van der Waals surface area (Å²) in [5.41, 5.74) is 2.54. The molecule has 0 aromatic rings. The summed E-state index contributed by atoms with van der Waals surface area (Å²) in [5, 5.41) is 0. The van der Waals surface area contributed by atoms with Crippen LogP contribution in [0.2, 0.25) is 0 Å². The lowest BCUT2D eigenvalue weighted by Crippen LogP contribution is -1.87. The minimum Gasteiger partial charge on any atom is -0.290 e. The molecule has 0 rings (SSSR count). The van der Waals surface area contributed by atoms with Crippen LogP contribution in [0.15, 0.2) is 16.6 Å². The summed E-state index contributed by atoms with van der Waals surface area (Å²) >= 11 is 0. The fourth-order valence-corrected chi connectivity index (χ4v) is 0.754. The molecule has 1 heteroatoms. The van der Waals surface area contributed by atoms with Crippen LogP contribution >= 0.6 is 0 Å². The molecule has 0 spiro atoms. The van der Waals surface area contributed by atoms with Gasteiger partial charge in [-0.1, -0.05) is 12.5 Å². The lowest BCUT2D eigenvalue weighted by atomic mass is 10.2. The standard InChI is InChI=1S/C9H17N/c1-5-8(3)7-9(4)10-6-2/h7H,5-6H2,1-4H3/b8-7+,10-9?. The zero-order valence-corrected chi connectivity index (χ0v) is 7.44. The van der Waals surface area contributed by atoms with Gasteiger partial charge in [-0.15, -0.1) is 0 Å². The Labute approximate surface area is 63.9 Å². The van der Waals surface area contributed by atoms with Crippen molar-refractivity contribution in [2.24, 2.45) is 4.99 Å². The van der Waals surface area contributed by atoms with E-state index in [1.54, 1.807) is 0 Å². The summed E-state index contributed by atoms with van der Waals surface area (Å²) < 4.78 is 0. The zero-order valence-electron chi connectivity index (χ0n) is 7.44. The Morgan fingerprint density at radius 2 is 1.90 bits per heavy atom. The Hall–Kier alpha value is -0.590. The van der Waals surface area contributed by atoms with Gasteiger partial charge in [0.15, 0.2) is 0 Å². The molecular weight excluding hydrogens is 122 g/mol. The van der Waals surface area contributed by atoms with E-state index < -0.39 is 0 Å². The van der Waals surface area contributed by atoms with E-state index in [1.165, 1.54) is 5.57 Å². The van der Waals surface area contributed by atoms with E-state index in [0.717, 1.165) is 18.7 Å². The monoisotopic (exact) mass is 139 g/mol. The summed E-state index contributed by atoms with van der Waals surface area (Å²) in [6, 6.07) is 0. The summed E-state index contributed by atoms with van der Waals surface area (Å²) in [5.74, 6) is 0. The average molecular weight is 139 g/mol. The highest BCUT2D eigenvalue weighted by atomic mass is 14.7. The highest BCUT2D eigenvalue weighted by Gasteiger charge is 1.85. The van der Waals surface area contributed by atoms with E-state index in [0.29, 0.717) is 0 Å². The van der Waals surface area contributed by atoms with E-state index >= 15 is 0 Å². The first-order valence-corrected chi connectivity index (χ1v) is 3.88. The molecule has 1 nitrogen and oxygen atoms in total. The first-order chi connectivity index (χ1) is 4.70. The van der Waals surface area contributed by atoms with Crippen molar-refractivity contribution in [2.75, 3.05) is 6.54 Å². The molecule has 0 unspecified atom stereocenters. The molecule has 0 radical (unpaired) electrons. The predicted molar refractivity (Wildman–Crippen MR) is 47.7 cm³/mol. The van der Waals surface area contributed by atoms with Gasteiger partial charge in [0.25, 0.3) is 0 Å². The second-order valence-electron chi connectivity index (χ2n) is 2.46. The molecule has 0 aliphatic heterocycles. The molecule has 0 aromatic heterocycles. The fraction of sp³-hybridized carbons (Fsp3) is 0.667. The van der Waals surface area contributed by atoms with Crippen molar-refractivity contribution in [3.05, 3.63) is 11.6 Å². The SMILES string of the molecule is CCN=C(C)/C=C(\C)CC. The molecule has 0 atom stereocenters. The molecule has 0 aliphatic carbocycles. The summed E-state index contributed by atoms with van der Waals surface area (Å²) in [6.07, 6.45) is 3.26. The van der Waals surface area contributed by atoms with E-state index in [-0.39, 0.29) is 0 Å². The Balaban J connectivity index is 3.98. The van der Waals surface area contributed by atoms with Crippen molar-refractivity contribution in [3.8, 4) is 0 Å². The first-order valence-electron chi connectivity index (χ1n) is 3.88. The number of hydrogen-bond acceptors (Lipinski definition) is 1. The molecular formula is C9H17N. The highest BCUT2D eigenvalue weighted by molar-refractivity contribution is 5.93. The zero-order chi connectivity index (χ0) is 7.98. The van der Waals surface area contributed by atoms with Crippen LogP contribution in [0.4, 0.5) is 0 Å². The van der Waals surface area contributed by atoms with Gasteiger partial charge in [0.1, 0.15) is 0 Å². The van der Waals surface area contributed by atoms with Crippen molar-refractivity contribution in [1.82, 2.24) is 0 Å². The van der Waals surface area contributed by atoms with Crippen LogP contribution in [0.3, 0.4) is 0 Å². The number of allylic oxidation sites excluding steroid dienone is 2. The van der Waals surface area contributed by atoms with Crippen molar-refractivity contribution in [1.29, 1.82) is 0 Å². The molecule has 58 valence electrons. The maximum Gasteiger partial charge on any atom is 0.0364 e. The van der Waals surface area contributed by atoms with E-state index in [9.17, 15) is 0 Å². The third kappa shape index (κ3) is 4.30. The van der Waals surface area contributed by atoms with Crippen molar-refractivity contribution in [3.63, 3.8) is 0 Å². The van der Waals surface area contributed by atoms with Crippen LogP contribution in [-0.4, -0.2) is 12.3 Å². The lowest BCUT2D eigenvalue weighted by Gasteiger charge is -1.94. The summed E-state index contributed by atoms with van der Waals surface area (Å²) in [4.78, 5) is 4.25. The molecule has 0 N–H and O–H groups in total. The van der Waals surface area contributed by atoms with Crippen molar-refractivity contribution < 1.29 is 0 Å². The van der Waals surface area contributed by atoms with Crippen LogP contribution in [-0.2, 0) is 0 Å². The second-order valence-corrected chi connectivity index (χ2v) is 2.46. The van der Waals surface area contributed by atoms with Crippen LogP contribution in [0.5, 0.6) is 0 Å². The Morgan fingerprint density at radius 1 is 1.30 bits per heavy atom. The number of aliphatic imine (C=N–C) groups is 1. The van der Waals surface area contributed by atoms with Crippen LogP contribution in [0.25, 0.3) is 0 Å². The molecule has 0 saturated heterocycles. The fourth-order valence-electron chi connectivity index (χ4n) is 0.754. The normalized spacial score (nSPS) is 14.0. The Kier molecular flexibility index (Phi) is 4.91. The third-order valence-corrected chi connectivity index (χ3v) is 1.42. The largest absolute Gasteiger partial charge is 0.290 e. The minimum atomic E-state index is 0.888. The van der Waals surface area contributed by atoms with E-state index in [2.05, 4.69) is 31.8 Å². The molecule has 0 fully saturated rings. The van der Waals surface area contributed by atoms with Gasteiger partial charge in [-0.2, -0.15) is 0 Å². The first kappa shape index (κ1) is 9.41. The number of nitrogens with zero attached hydrogens (tertiary/aromatic N) is 1. The quantitative estimate of drug-likeness (QED) is 0.533. The summed E-state index contributed by atoms with van der Waals surface area (Å²) in [7, 11) is 0. The van der Waals surface area contributed by atoms with Crippen molar-refractivity contribution in [2.45, 2.75) is 34.1 Å². The molecule has 10 heavy (non-hydrogen) atoms. The number of hydrogen-bond donors (Lipinski definition) is 0. The van der Waals surface area contributed by atoms with Crippen molar-refractivity contribution >= 4 is 5.71 Å². The Morgan fingerprint density at radius 3 is 2.30 bits per heavy atom. The Bertz CT molecular complexity index is 143.